The first kappa shape index (κ1) is 11.8. The zero-order chi connectivity index (χ0) is 11.3. The number of ether oxygens (including phenoxy) is 2. The lowest BCUT2D eigenvalue weighted by molar-refractivity contribution is 0.351. The Morgan fingerprint density at radius 2 is 2.00 bits per heavy atom. The predicted molar refractivity (Wildman–Crippen MR) is 59.5 cm³/mol. The van der Waals surface area contributed by atoms with Crippen molar-refractivity contribution in [3.05, 3.63) is 16.8 Å². The molecule has 0 amide bonds. The molecule has 0 bridgehead atoms. The maximum Gasteiger partial charge on any atom is 0.320 e. The van der Waals surface area contributed by atoms with Gasteiger partial charge in [0.05, 0.1) is 19.8 Å². The van der Waals surface area contributed by atoms with E-state index < -0.39 is 0 Å². The minimum absolute atomic E-state index is 0.200. The monoisotopic (exact) mass is 228 g/mol. The van der Waals surface area contributed by atoms with Crippen LogP contribution in [0.4, 0.5) is 0 Å². The summed E-state index contributed by atoms with van der Waals surface area (Å²) < 4.78 is 9.99. The van der Waals surface area contributed by atoms with Gasteiger partial charge in [-0.15, -0.1) is 0 Å². The minimum atomic E-state index is 0.200. The summed E-state index contributed by atoms with van der Waals surface area (Å²) in [6, 6.07) is 0.200. The third kappa shape index (κ3) is 2.83. The van der Waals surface area contributed by atoms with Crippen LogP contribution in [-0.4, -0.2) is 24.2 Å². The van der Waals surface area contributed by atoms with Gasteiger partial charge in [-0.3, -0.25) is 0 Å². The van der Waals surface area contributed by atoms with Crippen molar-refractivity contribution >= 4 is 17.7 Å². The maximum atomic E-state index is 5.97. The van der Waals surface area contributed by atoms with Crippen LogP contribution in [0.1, 0.15) is 18.9 Å². The summed E-state index contributed by atoms with van der Waals surface area (Å²) >= 11 is 5.97. The van der Waals surface area contributed by atoms with Crippen molar-refractivity contribution in [1.29, 1.82) is 0 Å². The Labute approximate surface area is 93.9 Å². The van der Waals surface area contributed by atoms with Crippen LogP contribution in [0.5, 0.6) is 11.9 Å². The SMILES string of the molecule is CC/C=C\c1c(Cl)nc(OC)nc1OC. The standard InChI is InChI=1S/C10H13ClN2O2/c1-4-5-6-7-8(11)12-10(15-3)13-9(7)14-2/h5-6H,4H2,1-3H3/b6-5-. The molecule has 4 nitrogen and oxygen atoms in total. The molecule has 0 fully saturated rings. The fourth-order valence-electron chi connectivity index (χ4n) is 1.03. The lowest BCUT2D eigenvalue weighted by Gasteiger charge is -2.06. The largest absolute Gasteiger partial charge is 0.480 e. The van der Waals surface area contributed by atoms with Crippen molar-refractivity contribution < 1.29 is 9.47 Å². The molecule has 1 heterocycles. The molecule has 0 N–H and O–H groups in total. The first-order valence-corrected chi connectivity index (χ1v) is 4.92. The zero-order valence-corrected chi connectivity index (χ0v) is 9.71. The highest BCUT2D eigenvalue weighted by Gasteiger charge is 2.11. The van der Waals surface area contributed by atoms with Gasteiger partial charge in [0.1, 0.15) is 5.15 Å². The Hall–Kier alpha value is -1.29. The third-order valence-electron chi connectivity index (χ3n) is 1.74. The Bertz CT molecular complexity index is 367. The average molecular weight is 229 g/mol. The molecule has 0 radical (unpaired) electrons. The molecule has 0 saturated carbocycles. The molecular weight excluding hydrogens is 216 g/mol. The van der Waals surface area contributed by atoms with E-state index in [2.05, 4.69) is 9.97 Å². The van der Waals surface area contributed by atoms with E-state index in [1.165, 1.54) is 14.2 Å². The average Bonchev–Trinajstić information content (AvgIpc) is 2.26. The first-order chi connectivity index (χ1) is 7.22. The molecule has 1 aromatic heterocycles. The maximum absolute atomic E-state index is 5.97. The van der Waals surface area contributed by atoms with Crippen LogP contribution in [0.25, 0.3) is 6.08 Å². The molecular formula is C10H13ClN2O2. The second-order valence-corrected chi connectivity index (χ2v) is 3.09. The van der Waals surface area contributed by atoms with Gasteiger partial charge < -0.3 is 9.47 Å². The lowest BCUT2D eigenvalue weighted by atomic mass is 10.2. The number of hydrogen-bond donors (Lipinski definition) is 0. The van der Waals surface area contributed by atoms with Gasteiger partial charge in [-0.1, -0.05) is 30.7 Å². The molecule has 0 aromatic carbocycles. The van der Waals surface area contributed by atoms with Crippen molar-refractivity contribution in [1.82, 2.24) is 9.97 Å². The molecule has 82 valence electrons. The smallest absolute Gasteiger partial charge is 0.320 e. The van der Waals surface area contributed by atoms with Crippen molar-refractivity contribution in [2.45, 2.75) is 13.3 Å². The minimum Gasteiger partial charge on any atom is -0.480 e. The topological polar surface area (TPSA) is 44.2 Å². The summed E-state index contributed by atoms with van der Waals surface area (Å²) in [4.78, 5) is 7.99. The molecule has 0 aliphatic rings. The third-order valence-corrected chi connectivity index (χ3v) is 2.03. The van der Waals surface area contributed by atoms with Crippen molar-refractivity contribution in [3.8, 4) is 11.9 Å². The van der Waals surface area contributed by atoms with Gasteiger partial charge in [0.15, 0.2) is 0 Å². The van der Waals surface area contributed by atoms with Gasteiger partial charge in [0.25, 0.3) is 0 Å². The number of methoxy groups -OCH3 is 2. The van der Waals surface area contributed by atoms with Gasteiger partial charge in [-0.25, -0.2) is 0 Å². The van der Waals surface area contributed by atoms with Crippen molar-refractivity contribution in [2.75, 3.05) is 14.2 Å². The van der Waals surface area contributed by atoms with E-state index in [-0.39, 0.29) is 6.01 Å². The Morgan fingerprint density at radius 3 is 2.53 bits per heavy atom. The van der Waals surface area contributed by atoms with Gasteiger partial charge in [-0.05, 0) is 6.42 Å². The molecule has 1 aromatic rings. The van der Waals surface area contributed by atoms with Gasteiger partial charge in [-0.2, -0.15) is 9.97 Å². The number of halogens is 1. The molecule has 0 saturated heterocycles. The van der Waals surface area contributed by atoms with Crippen LogP contribution in [0.15, 0.2) is 6.08 Å². The van der Waals surface area contributed by atoms with E-state index in [0.717, 1.165) is 6.42 Å². The molecule has 0 atom stereocenters. The molecule has 0 unspecified atom stereocenters. The van der Waals surface area contributed by atoms with E-state index in [1.807, 2.05) is 19.1 Å². The second kappa shape index (κ2) is 5.56. The highest BCUT2D eigenvalue weighted by atomic mass is 35.5. The fourth-order valence-corrected chi connectivity index (χ4v) is 1.24. The van der Waals surface area contributed by atoms with Crippen molar-refractivity contribution in [2.24, 2.45) is 0 Å². The Morgan fingerprint density at radius 1 is 1.27 bits per heavy atom. The van der Waals surface area contributed by atoms with Gasteiger partial charge >= 0.3 is 6.01 Å². The van der Waals surface area contributed by atoms with Crippen LogP contribution < -0.4 is 9.47 Å². The van der Waals surface area contributed by atoms with Crippen LogP contribution in [-0.2, 0) is 0 Å². The molecule has 15 heavy (non-hydrogen) atoms. The summed E-state index contributed by atoms with van der Waals surface area (Å²) in [7, 11) is 3.01. The summed E-state index contributed by atoms with van der Waals surface area (Å²) in [5.41, 5.74) is 0.668. The van der Waals surface area contributed by atoms with E-state index in [9.17, 15) is 0 Å². The number of allylic oxidation sites excluding steroid dienone is 1. The highest BCUT2D eigenvalue weighted by Crippen LogP contribution is 2.26. The first-order valence-electron chi connectivity index (χ1n) is 4.55. The normalized spacial score (nSPS) is 10.7. The predicted octanol–water partition coefficient (Wildman–Crippen LogP) is 2.57. The van der Waals surface area contributed by atoms with E-state index in [4.69, 9.17) is 21.1 Å². The second-order valence-electron chi connectivity index (χ2n) is 2.73. The summed E-state index contributed by atoms with van der Waals surface area (Å²) in [6.45, 7) is 2.03. The van der Waals surface area contributed by atoms with Crippen molar-refractivity contribution in [3.63, 3.8) is 0 Å². The van der Waals surface area contributed by atoms with E-state index in [1.54, 1.807) is 0 Å². The Kier molecular flexibility index (Phi) is 4.37. The number of aromatic nitrogens is 2. The van der Waals surface area contributed by atoms with Gasteiger partial charge in [0.2, 0.25) is 5.88 Å². The summed E-state index contributed by atoms with van der Waals surface area (Å²) in [5.74, 6) is 0.413. The zero-order valence-electron chi connectivity index (χ0n) is 8.95. The summed E-state index contributed by atoms with van der Waals surface area (Å²) in [6.07, 6.45) is 4.70. The molecule has 0 aliphatic heterocycles. The van der Waals surface area contributed by atoms with Crippen LogP contribution in [0, 0.1) is 0 Å². The van der Waals surface area contributed by atoms with Crippen LogP contribution in [0.2, 0.25) is 5.15 Å². The lowest BCUT2D eigenvalue weighted by Crippen LogP contribution is -1.98. The number of rotatable bonds is 4. The quantitative estimate of drug-likeness (QED) is 0.743. The summed E-state index contributed by atoms with van der Waals surface area (Å²) in [5, 5.41) is 0.323. The Balaban J connectivity index is 3.18. The molecule has 0 spiro atoms. The highest BCUT2D eigenvalue weighted by molar-refractivity contribution is 6.31. The van der Waals surface area contributed by atoms with E-state index in [0.29, 0.717) is 16.6 Å². The van der Waals surface area contributed by atoms with Gasteiger partial charge in [0, 0.05) is 0 Å². The molecule has 1 rings (SSSR count). The van der Waals surface area contributed by atoms with E-state index >= 15 is 0 Å². The number of nitrogens with zero attached hydrogens (tertiary/aromatic N) is 2. The molecule has 0 aliphatic carbocycles. The number of hydrogen-bond acceptors (Lipinski definition) is 4. The molecule has 5 heteroatoms. The van der Waals surface area contributed by atoms with Crippen LogP contribution in [0.3, 0.4) is 0 Å². The van der Waals surface area contributed by atoms with Crippen LogP contribution >= 0.6 is 11.6 Å². The fraction of sp³-hybridized carbons (Fsp3) is 0.400.